The van der Waals surface area contributed by atoms with Gasteiger partial charge in [-0.05, 0) is 19.3 Å². The van der Waals surface area contributed by atoms with Gasteiger partial charge >= 0.3 is 0 Å². The van der Waals surface area contributed by atoms with E-state index in [0.717, 1.165) is 19.3 Å². The van der Waals surface area contributed by atoms with Crippen LogP contribution in [0.15, 0.2) is 0 Å². The zero-order valence-corrected chi connectivity index (χ0v) is 27.8. The van der Waals surface area contributed by atoms with Crippen LogP contribution in [0.25, 0.3) is 0 Å². The predicted octanol–water partition coefficient (Wildman–Crippen LogP) is 11.3. The van der Waals surface area contributed by atoms with E-state index in [1.165, 1.54) is 167 Å². The minimum absolute atomic E-state index is 0.109. The van der Waals surface area contributed by atoms with Crippen LogP contribution in [0.2, 0.25) is 0 Å². The molecule has 240 valence electrons. The molecule has 2 amide bonds. The van der Waals surface area contributed by atoms with Gasteiger partial charge in [0.05, 0.1) is 0 Å². The summed E-state index contributed by atoms with van der Waals surface area (Å²) in [6.07, 6.45) is 39.1. The van der Waals surface area contributed by atoms with E-state index in [1.807, 2.05) is 0 Å². The van der Waals surface area contributed by atoms with Gasteiger partial charge < -0.3 is 11.5 Å². The summed E-state index contributed by atoms with van der Waals surface area (Å²) >= 11 is 0. The van der Waals surface area contributed by atoms with Gasteiger partial charge in [0.2, 0.25) is 11.8 Å². The lowest BCUT2D eigenvalue weighted by atomic mass is 9.97. The fourth-order valence-corrected chi connectivity index (χ4v) is 5.45. The summed E-state index contributed by atoms with van der Waals surface area (Å²) in [5.41, 5.74) is 10.5. The van der Waals surface area contributed by atoms with E-state index in [9.17, 15) is 9.59 Å². The van der Waals surface area contributed by atoms with Crippen LogP contribution in [0.3, 0.4) is 0 Å². The zero-order chi connectivity index (χ0) is 29.9. The largest absolute Gasteiger partial charge is 0.370 e. The van der Waals surface area contributed by atoms with E-state index >= 15 is 0 Å². The van der Waals surface area contributed by atoms with Crippen molar-refractivity contribution >= 4 is 11.8 Å². The summed E-state index contributed by atoms with van der Waals surface area (Å²) in [5, 5.41) is 0. The van der Waals surface area contributed by atoms with Crippen LogP contribution in [-0.2, 0) is 9.59 Å². The Bertz CT molecular complexity index is 509. The molecule has 0 rings (SSSR count). The Morgan fingerprint density at radius 2 is 0.700 bits per heavy atom. The van der Waals surface area contributed by atoms with Crippen LogP contribution in [0.5, 0.6) is 0 Å². The fraction of sp³-hybridized carbons (Fsp3) is 0.944. The molecule has 0 aliphatic rings. The molecule has 0 aliphatic heterocycles. The molecular weight excluding hydrogens is 492 g/mol. The van der Waals surface area contributed by atoms with Crippen molar-refractivity contribution in [2.24, 2.45) is 17.4 Å². The Morgan fingerprint density at radius 1 is 0.425 bits per heavy atom. The molecule has 0 heterocycles. The molecule has 40 heavy (non-hydrogen) atoms. The highest BCUT2D eigenvalue weighted by molar-refractivity contribution is 5.76. The number of amides is 2. The van der Waals surface area contributed by atoms with Crippen molar-refractivity contribution in [1.82, 2.24) is 0 Å². The van der Waals surface area contributed by atoms with Gasteiger partial charge in [-0.25, -0.2) is 0 Å². The molecule has 4 N–H and O–H groups in total. The van der Waals surface area contributed by atoms with Gasteiger partial charge in [-0.2, -0.15) is 0 Å². The van der Waals surface area contributed by atoms with Gasteiger partial charge in [-0.15, -0.1) is 0 Å². The molecule has 0 aromatic rings. The van der Waals surface area contributed by atoms with Crippen molar-refractivity contribution in [2.75, 3.05) is 0 Å². The van der Waals surface area contributed by atoms with Crippen molar-refractivity contribution in [1.29, 1.82) is 0 Å². The summed E-state index contributed by atoms with van der Waals surface area (Å²) < 4.78 is 0. The average Bonchev–Trinajstić information content (AvgIpc) is 2.93. The first-order valence-corrected chi connectivity index (χ1v) is 18.1. The molecule has 0 aromatic heterocycles. The highest BCUT2D eigenvalue weighted by Crippen LogP contribution is 2.16. The van der Waals surface area contributed by atoms with Crippen molar-refractivity contribution in [3.63, 3.8) is 0 Å². The third kappa shape index (κ3) is 36.9. The summed E-state index contributed by atoms with van der Waals surface area (Å²) in [7, 11) is 0. The van der Waals surface area contributed by atoms with Gasteiger partial charge in [0.1, 0.15) is 0 Å². The molecular formula is C36H74N2O2. The molecule has 0 aromatic carbocycles. The first-order valence-electron chi connectivity index (χ1n) is 18.1. The summed E-state index contributed by atoms with van der Waals surface area (Å²) in [6, 6.07) is 0. The number of rotatable bonds is 31. The number of hydrogen-bond acceptors (Lipinski definition) is 2. The quantitative estimate of drug-likeness (QED) is 0.0817. The summed E-state index contributed by atoms with van der Waals surface area (Å²) in [4.78, 5) is 21.6. The lowest BCUT2D eigenvalue weighted by Crippen LogP contribution is -2.22. The van der Waals surface area contributed by atoms with E-state index in [0.29, 0.717) is 6.42 Å². The van der Waals surface area contributed by atoms with Gasteiger partial charge in [0.15, 0.2) is 0 Å². The topological polar surface area (TPSA) is 86.2 Å². The van der Waals surface area contributed by atoms with Crippen LogP contribution < -0.4 is 11.5 Å². The van der Waals surface area contributed by atoms with E-state index < -0.39 is 0 Å². The second-order valence-electron chi connectivity index (χ2n) is 12.4. The molecule has 0 aliphatic carbocycles. The first kappa shape index (κ1) is 41.1. The van der Waals surface area contributed by atoms with Crippen LogP contribution in [-0.4, -0.2) is 11.8 Å². The number of primary amides is 2. The summed E-state index contributed by atoms with van der Waals surface area (Å²) in [6.45, 7) is 6.60. The number of carbonyl (C=O) groups excluding carboxylic acids is 2. The smallest absolute Gasteiger partial charge is 0.220 e. The second-order valence-corrected chi connectivity index (χ2v) is 12.4. The lowest BCUT2D eigenvalue weighted by molar-refractivity contribution is -0.122. The zero-order valence-electron chi connectivity index (χ0n) is 27.8. The third-order valence-corrected chi connectivity index (χ3v) is 8.33. The molecule has 0 saturated carbocycles. The molecule has 0 fully saturated rings. The molecule has 0 bridgehead atoms. The highest BCUT2D eigenvalue weighted by Gasteiger charge is 2.11. The van der Waals surface area contributed by atoms with Crippen LogP contribution >= 0.6 is 0 Å². The lowest BCUT2D eigenvalue weighted by Gasteiger charge is -2.09. The minimum Gasteiger partial charge on any atom is -0.370 e. The molecule has 1 atom stereocenters. The first-order chi connectivity index (χ1) is 19.5. The number of hydrogen-bond donors (Lipinski definition) is 2. The van der Waals surface area contributed by atoms with Crippen molar-refractivity contribution < 1.29 is 9.59 Å². The van der Waals surface area contributed by atoms with Crippen LogP contribution in [0.1, 0.15) is 213 Å². The standard InChI is InChI=1S/C20H41NO.C16H33NO/c1-3-5-6-7-8-9-10-11-12-13-14-15-16-17-18-19(4-2)20(21)22;1-2-3-4-5-6-7-8-9-10-11-12-13-14-15-16(17)18/h19H,3-18H2,1-2H3,(H2,21,22);2-15H2,1H3,(H2,17,18). The Morgan fingerprint density at radius 3 is 0.950 bits per heavy atom. The molecule has 4 nitrogen and oxygen atoms in total. The van der Waals surface area contributed by atoms with Gasteiger partial charge in [-0.1, -0.05) is 188 Å². The summed E-state index contributed by atoms with van der Waals surface area (Å²) in [5.74, 6) is -0.160. The van der Waals surface area contributed by atoms with Crippen molar-refractivity contribution in [3.05, 3.63) is 0 Å². The SMILES string of the molecule is CCCCCCCCCCCCCCCC(N)=O.CCCCCCCCCCCCCCCCC(CC)C(N)=O. The van der Waals surface area contributed by atoms with Crippen molar-refractivity contribution in [3.8, 4) is 0 Å². The van der Waals surface area contributed by atoms with E-state index in [1.54, 1.807) is 0 Å². The minimum atomic E-state index is -0.155. The average molecular weight is 567 g/mol. The molecule has 1 unspecified atom stereocenters. The number of nitrogens with two attached hydrogens (primary N) is 2. The predicted molar refractivity (Wildman–Crippen MR) is 177 cm³/mol. The monoisotopic (exact) mass is 567 g/mol. The maximum Gasteiger partial charge on any atom is 0.220 e. The van der Waals surface area contributed by atoms with Gasteiger partial charge in [0.25, 0.3) is 0 Å². The van der Waals surface area contributed by atoms with Crippen molar-refractivity contribution in [2.45, 2.75) is 213 Å². The Hall–Kier alpha value is -1.06. The maximum absolute atomic E-state index is 11.1. The Labute approximate surface area is 252 Å². The molecule has 0 radical (unpaired) electrons. The normalized spacial score (nSPS) is 11.7. The van der Waals surface area contributed by atoms with Gasteiger partial charge in [0, 0.05) is 12.3 Å². The van der Waals surface area contributed by atoms with Crippen LogP contribution in [0.4, 0.5) is 0 Å². The van der Waals surface area contributed by atoms with E-state index in [4.69, 9.17) is 11.5 Å². The van der Waals surface area contributed by atoms with E-state index in [2.05, 4.69) is 20.8 Å². The highest BCUT2D eigenvalue weighted by atomic mass is 16.1. The molecule has 0 saturated heterocycles. The Kier molecular flexibility index (Phi) is 36.9. The van der Waals surface area contributed by atoms with Crippen LogP contribution in [0, 0.1) is 5.92 Å². The molecule has 4 heteroatoms. The third-order valence-electron chi connectivity index (χ3n) is 8.33. The second kappa shape index (κ2) is 36.0. The van der Waals surface area contributed by atoms with E-state index in [-0.39, 0.29) is 17.7 Å². The maximum atomic E-state index is 11.1. The van der Waals surface area contributed by atoms with Gasteiger partial charge in [-0.3, -0.25) is 9.59 Å². The fourth-order valence-electron chi connectivity index (χ4n) is 5.45. The molecule has 0 spiro atoms. The number of carbonyl (C=O) groups is 2. The number of unbranched alkanes of at least 4 members (excludes halogenated alkanes) is 25. The Balaban J connectivity index is 0.